The van der Waals surface area contributed by atoms with Crippen molar-refractivity contribution in [2.45, 2.75) is 18.9 Å². The van der Waals surface area contributed by atoms with Crippen LogP contribution in [0, 0.1) is 10.1 Å². The Balaban J connectivity index is 1.54. The Morgan fingerprint density at radius 3 is 2.72 bits per heavy atom. The van der Waals surface area contributed by atoms with Crippen molar-refractivity contribution in [1.82, 2.24) is 10.2 Å². The zero-order valence-corrected chi connectivity index (χ0v) is 15.6. The van der Waals surface area contributed by atoms with Crippen LogP contribution in [0.3, 0.4) is 0 Å². The summed E-state index contributed by atoms with van der Waals surface area (Å²) in [4.78, 5) is 24.5. The van der Waals surface area contributed by atoms with Gasteiger partial charge >= 0.3 is 5.97 Å². The van der Waals surface area contributed by atoms with Crippen molar-refractivity contribution in [3.8, 4) is 11.5 Å². The minimum Gasteiger partial charge on any atom is -0.469 e. The molecule has 1 atom stereocenters. The summed E-state index contributed by atoms with van der Waals surface area (Å²) in [5.74, 6) is 0.193. The monoisotopic (exact) mass is 394 g/mol. The van der Waals surface area contributed by atoms with Gasteiger partial charge in [-0.1, -0.05) is 18.2 Å². The van der Waals surface area contributed by atoms with Crippen molar-refractivity contribution in [2.24, 2.45) is 0 Å². The molecule has 3 aromatic rings. The van der Waals surface area contributed by atoms with E-state index in [1.807, 2.05) is 24.3 Å². The number of hydrogen-bond donors (Lipinski definition) is 0. The highest BCUT2D eigenvalue weighted by atomic mass is 16.6. The predicted octanol–water partition coefficient (Wildman–Crippen LogP) is 3.31. The first-order valence-corrected chi connectivity index (χ1v) is 9.05. The Morgan fingerprint density at radius 2 is 2.00 bits per heavy atom. The van der Waals surface area contributed by atoms with E-state index in [1.54, 1.807) is 12.1 Å². The average Bonchev–Trinajstić information content (AvgIpc) is 3.22. The minimum absolute atomic E-state index is 0.00132. The van der Waals surface area contributed by atoms with Crippen LogP contribution in [0.1, 0.15) is 23.8 Å². The van der Waals surface area contributed by atoms with Gasteiger partial charge in [0.25, 0.3) is 5.69 Å². The molecule has 0 saturated heterocycles. The van der Waals surface area contributed by atoms with Crippen LogP contribution in [0.15, 0.2) is 52.9 Å². The molecule has 0 radical (unpaired) electrons. The SMILES string of the molecule is COC(=O)C1CCN(Cc2nnc(-c3ccc([N+](=O)[O-])cc3)o2)c2ccccc21. The van der Waals surface area contributed by atoms with E-state index in [9.17, 15) is 14.9 Å². The smallest absolute Gasteiger partial charge is 0.313 e. The fraction of sp³-hybridized carbons (Fsp3) is 0.250. The highest BCUT2D eigenvalue weighted by Crippen LogP contribution is 2.36. The number of anilines is 1. The largest absolute Gasteiger partial charge is 0.469 e. The number of carbonyl (C=O) groups excluding carboxylic acids is 1. The summed E-state index contributed by atoms with van der Waals surface area (Å²) in [6.45, 7) is 1.04. The maximum Gasteiger partial charge on any atom is 0.313 e. The molecule has 0 spiro atoms. The van der Waals surface area contributed by atoms with Crippen LogP contribution in [-0.4, -0.2) is 34.7 Å². The molecule has 2 aromatic carbocycles. The number of nitro benzene ring substituents is 1. The van der Waals surface area contributed by atoms with Crippen molar-refractivity contribution in [3.63, 3.8) is 0 Å². The predicted molar refractivity (Wildman–Crippen MR) is 103 cm³/mol. The van der Waals surface area contributed by atoms with E-state index >= 15 is 0 Å². The molecule has 29 heavy (non-hydrogen) atoms. The minimum atomic E-state index is -0.460. The first kappa shape index (κ1) is 18.6. The highest BCUT2D eigenvalue weighted by molar-refractivity contribution is 5.81. The van der Waals surface area contributed by atoms with Crippen molar-refractivity contribution in [3.05, 3.63) is 70.1 Å². The number of nitrogens with zero attached hydrogens (tertiary/aromatic N) is 4. The number of hydrogen-bond acceptors (Lipinski definition) is 8. The van der Waals surface area contributed by atoms with Gasteiger partial charge in [-0.05, 0) is 30.2 Å². The number of methoxy groups -OCH3 is 1. The van der Waals surface area contributed by atoms with Crippen LogP contribution in [0.4, 0.5) is 11.4 Å². The molecule has 9 heteroatoms. The number of fused-ring (bicyclic) bond motifs is 1. The third kappa shape index (κ3) is 3.66. The van der Waals surface area contributed by atoms with E-state index < -0.39 is 4.92 Å². The second-order valence-corrected chi connectivity index (χ2v) is 6.65. The van der Waals surface area contributed by atoms with Gasteiger partial charge in [-0.3, -0.25) is 14.9 Å². The highest BCUT2D eigenvalue weighted by Gasteiger charge is 2.31. The van der Waals surface area contributed by atoms with E-state index in [2.05, 4.69) is 15.1 Å². The molecule has 9 nitrogen and oxygen atoms in total. The maximum atomic E-state index is 12.1. The molecule has 1 aromatic heterocycles. The van der Waals surface area contributed by atoms with Crippen LogP contribution in [0.2, 0.25) is 0 Å². The molecule has 2 heterocycles. The molecule has 0 bridgehead atoms. The van der Waals surface area contributed by atoms with Gasteiger partial charge in [-0.15, -0.1) is 10.2 Å². The summed E-state index contributed by atoms with van der Waals surface area (Å²) >= 11 is 0. The molecule has 0 aliphatic carbocycles. The maximum absolute atomic E-state index is 12.1. The van der Waals surface area contributed by atoms with Crippen LogP contribution in [0.5, 0.6) is 0 Å². The molecular weight excluding hydrogens is 376 g/mol. The summed E-state index contributed by atoms with van der Waals surface area (Å²) in [7, 11) is 1.40. The van der Waals surface area contributed by atoms with E-state index in [-0.39, 0.29) is 17.6 Å². The molecule has 148 valence electrons. The third-order valence-electron chi connectivity index (χ3n) is 4.94. The second-order valence-electron chi connectivity index (χ2n) is 6.65. The number of para-hydroxylation sites is 1. The van der Waals surface area contributed by atoms with Gasteiger partial charge in [0.15, 0.2) is 0 Å². The fourth-order valence-corrected chi connectivity index (χ4v) is 3.51. The summed E-state index contributed by atoms with van der Waals surface area (Å²) in [5, 5.41) is 18.9. The Morgan fingerprint density at radius 1 is 1.24 bits per heavy atom. The van der Waals surface area contributed by atoms with Gasteiger partial charge in [-0.2, -0.15) is 0 Å². The summed E-state index contributed by atoms with van der Waals surface area (Å²) < 4.78 is 10.7. The normalized spacial score (nSPS) is 15.6. The van der Waals surface area contributed by atoms with Gasteiger partial charge in [0.1, 0.15) is 0 Å². The van der Waals surface area contributed by atoms with Crippen molar-refractivity contribution in [2.75, 3.05) is 18.6 Å². The average molecular weight is 394 g/mol. The van der Waals surface area contributed by atoms with E-state index in [0.717, 1.165) is 11.3 Å². The number of rotatable bonds is 5. The van der Waals surface area contributed by atoms with Crippen LogP contribution in [0.25, 0.3) is 11.5 Å². The Bertz CT molecular complexity index is 1050. The lowest BCUT2D eigenvalue weighted by Crippen LogP contribution is -2.33. The lowest BCUT2D eigenvalue weighted by Gasteiger charge is -2.33. The number of ether oxygens (including phenoxy) is 1. The second kappa shape index (κ2) is 7.70. The summed E-state index contributed by atoms with van der Waals surface area (Å²) in [5.41, 5.74) is 2.46. The van der Waals surface area contributed by atoms with E-state index in [4.69, 9.17) is 9.15 Å². The Hall–Kier alpha value is -3.75. The van der Waals surface area contributed by atoms with Gasteiger partial charge in [-0.25, -0.2) is 0 Å². The molecule has 1 unspecified atom stereocenters. The lowest BCUT2D eigenvalue weighted by molar-refractivity contribution is -0.384. The van der Waals surface area contributed by atoms with Gasteiger partial charge in [0.2, 0.25) is 11.8 Å². The molecule has 4 rings (SSSR count). The molecule has 1 aliphatic rings. The van der Waals surface area contributed by atoms with Crippen molar-refractivity contribution < 1.29 is 18.9 Å². The van der Waals surface area contributed by atoms with Gasteiger partial charge in [0, 0.05) is 29.9 Å². The molecule has 0 saturated carbocycles. The van der Waals surface area contributed by atoms with E-state index in [1.165, 1.54) is 19.2 Å². The molecule has 1 aliphatic heterocycles. The van der Waals surface area contributed by atoms with Crippen molar-refractivity contribution in [1.29, 1.82) is 0 Å². The molecule has 0 N–H and O–H groups in total. The quantitative estimate of drug-likeness (QED) is 0.368. The first-order chi connectivity index (χ1) is 14.1. The lowest BCUT2D eigenvalue weighted by atomic mass is 9.90. The topological polar surface area (TPSA) is 112 Å². The number of aromatic nitrogens is 2. The Labute approximate surface area is 166 Å². The van der Waals surface area contributed by atoms with Crippen LogP contribution < -0.4 is 4.90 Å². The zero-order valence-electron chi connectivity index (χ0n) is 15.6. The van der Waals surface area contributed by atoms with Gasteiger partial charge in [0.05, 0.1) is 24.5 Å². The molecule has 0 fully saturated rings. The number of esters is 1. The van der Waals surface area contributed by atoms with Crippen LogP contribution in [-0.2, 0) is 16.1 Å². The standard InChI is InChI=1S/C20H18N4O5/c1-28-20(25)16-10-11-23(17-5-3-2-4-15(16)17)12-18-21-22-19(29-18)13-6-8-14(9-7-13)24(26)27/h2-9,16H,10-12H2,1H3. The number of carbonyl (C=O) groups is 1. The summed E-state index contributed by atoms with van der Waals surface area (Å²) in [6, 6.07) is 13.6. The zero-order chi connectivity index (χ0) is 20.4. The number of nitro groups is 1. The number of benzene rings is 2. The van der Waals surface area contributed by atoms with Gasteiger partial charge < -0.3 is 14.1 Å². The first-order valence-electron chi connectivity index (χ1n) is 9.05. The van der Waals surface area contributed by atoms with E-state index in [0.29, 0.717) is 36.9 Å². The molecule has 0 amide bonds. The fourth-order valence-electron chi connectivity index (χ4n) is 3.51. The van der Waals surface area contributed by atoms with Crippen LogP contribution >= 0.6 is 0 Å². The Kier molecular flexibility index (Phi) is 4.94. The van der Waals surface area contributed by atoms with Crippen molar-refractivity contribution >= 4 is 17.3 Å². The number of non-ortho nitro benzene ring substituents is 1. The summed E-state index contributed by atoms with van der Waals surface area (Å²) in [6.07, 6.45) is 0.632. The molecular formula is C20H18N4O5. The third-order valence-corrected chi connectivity index (χ3v) is 4.94.